The summed E-state index contributed by atoms with van der Waals surface area (Å²) in [6.45, 7) is 11.2. The second-order valence-electron chi connectivity index (χ2n) is 5.99. The number of rotatable bonds is 6. The lowest BCUT2D eigenvalue weighted by Gasteiger charge is -2.19. The zero-order valence-electron chi connectivity index (χ0n) is 12.3. The Labute approximate surface area is 121 Å². The van der Waals surface area contributed by atoms with E-state index >= 15 is 0 Å². The molecule has 2 rings (SSSR count). The average Bonchev–Trinajstić information content (AvgIpc) is 2.87. The summed E-state index contributed by atoms with van der Waals surface area (Å²) in [5.41, 5.74) is 0. The van der Waals surface area contributed by atoms with E-state index in [0.29, 0.717) is 11.8 Å². The molecule has 0 amide bonds. The quantitative estimate of drug-likeness (QED) is 0.756. The van der Waals surface area contributed by atoms with Crippen LogP contribution < -0.4 is 0 Å². The monoisotopic (exact) mass is 291 g/mol. The van der Waals surface area contributed by atoms with Gasteiger partial charge in [-0.15, -0.1) is 11.6 Å². The van der Waals surface area contributed by atoms with E-state index in [4.69, 9.17) is 21.1 Å². The molecule has 0 aromatic rings. The molecule has 112 valence electrons. The van der Waals surface area contributed by atoms with Crippen molar-refractivity contribution in [3.8, 4) is 0 Å². The van der Waals surface area contributed by atoms with E-state index in [1.807, 2.05) is 13.8 Å². The van der Waals surface area contributed by atoms with Gasteiger partial charge in [-0.25, -0.2) is 0 Å². The van der Waals surface area contributed by atoms with Crippen LogP contribution in [0.4, 0.5) is 0 Å². The minimum absolute atomic E-state index is 0.00774. The van der Waals surface area contributed by atoms with E-state index in [0.717, 1.165) is 19.6 Å². The number of aliphatic hydroxyl groups is 1. The topological polar surface area (TPSA) is 41.9 Å². The summed E-state index contributed by atoms with van der Waals surface area (Å²) in [6.07, 6.45) is -0.328. The Kier molecular flexibility index (Phi) is 4.79. The molecule has 1 aliphatic heterocycles. The molecular formula is C14H26ClNO3. The van der Waals surface area contributed by atoms with Crippen molar-refractivity contribution >= 4 is 11.6 Å². The van der Waals surface area contributed by atoms with Gasteiger partial charge in [0.1, 0.15) is 6.10 Å². The average molecular weight is 292 g/mol. The van der Waals surface area contributed by atoms with Crippen LogP contribution in [0.2, 0.25) is 0 Å². The number of nitrogens with zero attached hydrogens (tertiary/aromatic N) is 1. The second-order valence-corrected chi connectivity index (χ2v) is 6.50. The molecule has 1 saturated carbocycles. The maximum atomic E-state index is 9.43. The minimum Gasteiger partial charge on any atom is -0.394 e. The molecular weight excluding hydrogens is 266 g/mol. The maximum Gasteiger partial charge on any atom is 0.163 e. The third kappa shape index (κ3) is 3.24. The highest BCUT2D eigenvalue weighted by atomic mass is 35.5. The summed E-state index contributed by atoms with van der Waals surface area (Å²) < 4.78 is 11.7. The van der Waals surface area contributed by atoms with Crippen LogP contribution in [0.15, 0.2) is 0 Å². The summed E-state index contributed by atoms with van der Waals surface area (Å²) in [7, 11) is 0. The molecule has 5 atom stereocenters. The van der Waals surface area contributed by atoms with Gasteiger partial charge in [-0.2, -0.15) is 0 Å². The molecule has 4 nitrogen and oxygen atoms in total. The van der Waals surface area contributed by atoms with Crippen molar-refractivity contribution in [3.63, 3.8) is 0 Å². The van der Waals surface area contributed by atoms with Gasteiger partial charge in [0.2, 0.25) is 0 Å². The van der Waals surface area contributed by atoms with Crippen molar-refractivity contribution in [3.05, 3.63) is 0 Å². The summed E-state index contributed by atoms with van der Waals surface area (Å²) in [4.78, 5) is 2.38. The summed E-state index contributed by atoms with van der Waals surface area (Å²) in [5.74, 6) is 0.121. The first-order valence-corrected chi connectivity index (χ1v) is 7.70. The van der Waals surface area contributed by atoms with Crippen molar-refractivity contribution in [2.24, 2.45) is 11.8 Å². The Morgan fingerprint density at radius 1 is 1.21 bits per heavy atom. The number of ether oxygens (including phenoxy) is 2. The van der Waals surface area contributed by atoms with Crippen molar-refractivity contribution in [2.45, 2.75) is 51.1 Å². The summed E-state index contributed by atoms with van der Waals surface area (Å²) in [5, 5.41) is 9.57. The van der Waals surface area contributed by atoms with Gasteiger partial charge in [-0.1, -0.05) is 13.8 Å². The van der Waals surface area contributed by atoms with Crippen molar-refractivity contribution < 1.29 is 14.6 Å². The van der Waals surface area contributed by atoms with Crippen LogP contribution in [-0.2, 0) is 9.47 Å². The molecule has 2 fully saturated rings. The van der Waals surface area contributed by atoms with Gasteiger partial charge in [-0.3, -0.25) is 0 Å². The van der Waals surface area contributed by atoms with E-state index in [1.54, 1.807) is 0 Å². The van der Waals surface area contributed by atoms with E-state index in [1.165, 1.54) is 0 Å². The number of aliphatic hydroxyl groups excluding tert-OH is 1. The molecule has 0 bridgehead atoms. The Morgan fingerprint density at radius 2 is 1.84 bits per heavy atom. The van der Waals surface area contributed by atoms with Crippen molar-refractivity contribution in [2.75, 3.05) is 26.2 Å². The fourth-order valence-electron chi connectivity index (χ4n) is 3.11. The Morgan fingerprint density at radius 3 is 2.37 bits per heavy atom. The van der Waals surface area contributed by atoms with Crippen LogP contribution in [-0.4, -0.2) is 59.6 Å². The second kappa shape index (κ2) is 5.86. The Bertz CT molecular complexity index is 309. The normalized spacial score (nSPS) is 40.9. The number of hydrogen-bond donors (Lipinski definition) is 1. The highest BCUT2D eigenvalue weighted by Crippen LogP contribution is 2.51. The lowest BCUT2D eigenvalue weighted by atomic mass is 10.1. The van der Waals surface area contributed by atoms with Crippen LogP contribution in [0, 0.1) is 11.8 Å². The maximum absolute atomic E-state index is 9.43. The molecule has 0 radical (unpaired) electrons. The fraction of sp³-hybridized carbons (Fsp3) is 1.00. The zero-order valence-corrected chi connectivity index (χ0v) is 13.1. The molecule has 1 heterocycles. The Hall–Kier alpha value is 0.130. The van der Waals surface area contributed by atoms with Gasteiger partial charge < -0.3 is 19.5 Å². The van der Waals surface area contributed by atoms with Crippen LogP contribution in [0.3, 0.4) is 0 Å². The van der Waals surface area contributed by atoms with Gasteiger partial charge in [0.15, 0.2) is 5.79 Å². The smallest absolute Gasteiger partial charge is 0.163 e. The van der Waals surface area contributed by atoms with Crippen LogP contribution >= 0.6 is 11.6 Å². The first-order valence-electron chi connectivity index (χ1n) is 7.26. The fourth-order valence-corrected chi connectivity index (χ4v) is 3.61. The lowest BCUT2D eigenvalue weighted by molar-refractivity contribution is -0.150. The van der Waals surface area contributed by atoms with E-state index in [9.17, 15) is 5.11 Å². The summed E-state index contributed by atoms with van der Waals surface area (Å²) in [6, 6.07) is 0. The van der Waals surface area contributed by atoms with Gasteiger partial charge in [-0.05, 0) is 32.9 Å². The standard InChI is InChI=1S/C14H26ClNO3/c1-5-16(6-2)7-9-11(12(9)15)13-10(8-17)18-14(3,4)19-13/h9-13,17H,5-8H2,1-4H3/t9-,10-,11+,12+,13+/m1/s1. The van der Waals surface area contributed by atoms with Gasteiger partial charge >= 0.3 is 0 Å². The lowest BCUT2D eigenvalue weighted by Crippen LogP contribution is -2.31. The van der Waals surface area contributed by atoms with Crippen LogP contribution in [0.25, 0.3) is 0 Å². The van der Waals surface area contributed by atoms with E-state index in [-0.39, 0.29) is 24.2 Å². The minimum atomic E-state index is -0.614. The van der Waals surface area contributed by atoms with Gasteiger partial charge in [0, 0.05) is 17.8 Å². The van der Waals surface area contributed by atoms with Gasteiger partial charge in [0.25, 0.3) is 0 Å². The number of hydrogen-bond acceptors (Lipinski definition) is 4. The van der Waals surface area contributed by atoms with E-state index in [2.05, 4.69) is 18.7 Å². The molecule has 19 heavy (non-hydrogen) atoms. The molecule has 5 heteroatoms. The third-order valence-corrected chi connectivity index (χ3v) is 4.89. The highest BCUT2D eigenvalue weighted by Gasteiger charge is 2.59. The highest BCUT2D eigenvalue weighted by molar-refractivity contribution is 6.23. The first kappa shape index (κ1) is 15.5. The largest absolute Gasteiger partial charge is 0.394 e. The molecule has 0 aromatic heterocycles. The molecule has 1 aliphatic carbocycles. The molecule has 0 unspecified atom stereocenters. The predicted octanol–water partition coefficient (Wildman–Crippen LogP) is 1.69. The molecule has 2 aliphatic rings. The summed E-state index contributed by atoms with van der Waals surface area (Å²) >= 11 is 6.43. The SMILES string of the molecule is CCN(CC)C[C@H]1[C@H](Cl)[C@H]1[C@H]1OC(C)(C)O[C@@H]1CO. The number of alkyl halides is 1. The molecule has 1 N–H and O–H groups in total. The van der Waals surface area contributed by atoms with Crippen molar-refractivity contribution in [1.82, 2.24) is 4.90 Å². The van der Waals surface area contributed by atoms with Gasteiger partial charge in [0.05, 0.1) is 12.7 Å². The molecule has 1 saturated heterocycles. The Balaban J connectivity index is 1.96. The molecule has 0 aromatic carbocycles. The number of halogens is 1. The van der Waals surface area contributed by atoms with Crippen LogP contribution in [0.5, 0.6) is 0 Å². The third-order valence-electron chi connectivity index (χ3n) is 4.27. The zero-order chi connectivity index (χ0) is 14.2. The van der Waals surface area contributed by atoms with Crippen LogP contribution in [0.1, 0.15) is 27.7 Å². The van der Waals surface area contributed by atoms with Crippen molar-refractivity contribution in [1.29, 1.82) is 0 Å². The van der Waals surface area contributed by atoms with E-state index < -0.39 is 5.79 Å². The molecule has 0 spiro atoms. The first-order chi connectivity index (χ1) is 8.93. The predicted molar refractivity (Wildman–Crippen MR) is 75.3 cm³/mol.